The molecule has 0 bridgehead atoms. The lowest BCUT2D eigenvalue weighted by atomic mass is 9.82. The maximum Gasteiger partial charge on any atom is 0.307 e. The molecule has 0 spiro atoms. The van der Waals surface area contributed by atoms with Gasteiger partial charge >= 0.3 is 5.97 Å². The number of thiazole rings is 1. The molecule has 2 aliphatic heterocycles. The van der Waals surface area contributed by atoms with Gasteiger partial charge in [0.1, 0.15) is 5.75 Å². The lowest BCUT2D eigenvalue weighted by Gasteiger charge is -2.50. The molecular weight excluding hydrogens is 510 g/mol. The van der Waals surface area contributed by atoms with Crippen molar-refractivity contribution in [2.75, 3.05) is 50.9 Å². The van der Waals surface area contributed by atoms with Crippen molar-refractivity contribution in [1.29, 1.82) is 0 Å². The zero-order valence-electron chi connectivity index (χ0n) is 20.8. The van der Waals surface area contributed by atoms with Crippen molar-refractivity contribution in [3.63, 3.8) is 0 Å². The van der Waals surface area contributed by atoms with E-state index >= 15 is 0 Å². The molecule has 0 amide bonds. The largest absolute Gasteiger partial charge is 0.492 e. The van der Waals surface area contributed by atoms with Crippen LogP contribution in [0.15, 0.2) is 54.7 Å². The number of rotatable bonds is 9. The normalized spacial score (nSPS) is 18.0. The Balaban J connectivity index is 1.25. The Morgan fingerprint density at radius 3 is 2.59 bits per heavy atom. The third-order valence-corrected chi connectivity index (χ3v) is 8.79. The molecule has 1 N–H and O–H groups in total. The minimum absolute atomic E-state index is 0.0188. The van der Waals surface area contributed by atoms with Gasteiger partial charge in [0, 0.05) is 37.9 Å². The van der Waals surface area contributed by atoms with E-state index in [4.69, 9.17) is 31.2 Å². The minimum atomic E-state index is -0.873. The van der Waals surface area contributed by atoms with Crippen LogP contribution in [-0.4, -0.2) is 72.5 Å². The van der Waals surface area contributed by atoms with Crippen LogP contribution in [0.5, 0.6) is 5.75 Å². The number of aromatic nitrogens is 1. The topological polar surface area (TPSA) is 75.1 Å². The van der Waals surface area contributed by atoms with E-state index in [0.29, 0.717) is 22.9 Å². The molecule has 0 saturated carbocycles. The number of carbonyl (C=O) groups is 1. The summed E-state index contributed by atoms with van der Waals surface area (Å²) in [6, 6.07) is 15.6. The number of halogens is 1. The van der Waals surface area contributed by atoms with Crippen LogP contribution in [0.3, 0.4) is 0 Å². The van der Waals surface area contributed by atoms with Gasteiger partial charge in [-0.25, -0.2) is 4.98 Å². The monoisotopic (exact) mass is 541 g/mol. The molecule has 0 radical (unpaired) electrons. The number of ether oxygens (including phenoxy) is 2. The first kappa shape index (κ1) is 26.0. The van der Waals surface area contributed by atoms with Gasteiger partial charge in [0.25, 0.3) is 0 Å². The summed E-state index contributed by atoms with van der Waals surface area (Å²) in [5.74, 6) is -0.325. The predicted molar refractivity (Wildman–Crippen MR) is 147 cm³/mol. The highest BCUT2D eigenvalue weighted by molar-refractivity contribution is 7.18. The van der Waals surface area contributed by atoms with Gasteiger partial charge in [-0.2, -0.15) is 0 Å². The second-order valence-electron chi connectivity index (χ2n) is 9.62. The Hall–Kier alpha value is -2.65. The van der Waals surface area contributed by atoms with Crippen molar-refractivity contribution in [2.24, 2.45) is 0 Å². The molecule has 3 heterocycles. The van der Waals surface area contributed by atoms with E-state index < -0.39 is 5.97 Å². The lowest BCUT2D eigenvalue weighted by Crippen LogP contribution is -2.59. The number of carboxylic acids is 1. The number of aliphatic carboxylic acids is 1. The minimum Gasteiger partial charge on any atom is -0.492 e. The quantitative estimate of drug-likeness (QED) is 0.397. The molecule has 7 nitrogen and oxygen atoms in total. The molecule has 0 aliphatic carbocycles. The Morgan fingerprint density at radius 1 is 1.11 bits per heavy atom. The van der Waals surface area contributed by atoms with Gasteiger partial charge in [-0.3, -0.25) is 9.69 Å². The Labute approximate surface area is 226 Å². The zero-order chi connectivity index (χ0) is 25.7. The van der Waals surface area contributed by atoms with Gasteiger partial charge in [-0.1, -0.05) is 59.3 Å². The summed E-state index contributed by atoms with van der Waals surface area (Å²) in [5.41, 5.74) is 1.90. The highest BCUT2D eigenvalue weighted by Crippen LogP contribution is 2.38. The molecule has 9 heteroatoms. The summed E-state index contributed by atoms with van der Waals surface area (Å²) in [5, 5.41) is 10.7. The van der Waals surface area contributed by atoms with E-state index in [9.17, 15) is 4.79 Å². The van der Waals surface area contributed by atoms with Crippen LogP contribution < -0.4 is 9.64 Å². The number of morpholine rings is 1. The number of anilines is 1. The van der Waals surface area contributed by atoms with Crippen molar-refractivity contribution >= 4 is 34.0 Å². The van der Waals surface area contributed by atoms with Crippen LogP contribution in [0.4, 0.5) is 5.13 Å². The molecule has 5 rings (SSSR count). The van der Waals surface area contributed by atoms with Gasteiger partial charge in [0.05, 0.1) is 36.1 Å². The highest BCUT2D eigenvalue weighted by atomic mass is 35.5. The number of nitrogens with zero attached hydrogens (tertiary/aromatic N) is 3. The highest BCUT2D eigenvalue weighted by Gasteiger charge is 2.40. The van der Waals surface area contributed by atoms with E-state index in [2.05, 4.69) is 34.1 Å². The molecule has 196 valence electrons. The fourth-order valence-corrected chi connectivity index (χ4v) is 6.46. The number of hydrogen-bond acceptors (Lipinski definition) is 7. The van der Waals surface area contributed by atoms with E-state index in [0.717, 1.165) is 63.8 Å². The van der Waals surface area contributed by atoms with E-state index in [1.54, 1.807) is 29.5 Å². The number of benzene rings is 2. The summed E-state index contributed by atoms with van der Waals surface area (Å²) in [6.07, 6.45) is 4.83. The first-order chi connectivity index (χ1) is 18.0. The van der Waals surface area contributed by atoms with Crippen LogP contribution in [0, 0.1) is 0 Å². The summed E-state index contributed by atoms with van der Waals surface area (Å²) in [7, 11) is 0. The third kappa shape index (κ3) is 6.26. The average Bonchev–Trinajstić information content (AvgIpc) is 3.42. The van der Waals surface area contributed by atoms with Crippen molar-refractivity contribution in [3.8, 4) is 16.2 Å². The fraction of sp³-hybridized carbons (Fsp3) is 0.429. The first-order valence-electron chi connectivity index (χ1n) is 12.7. The standard InChI is InChI=1S/C28H32ClN3O4S/c29-23-7-6-21(19-26(33)34)18-24(23)36-15-10-28(32-13-16-35-17-14-32)8-11-31(12-9-28)27-30-20-25(37-27)22-4-2-1-3-5-22/h1-7,18,20H,8-17,19H2,(H,33,34). The fourth-order valence-electron chi connectivity index (χ4n) is 5.32. The maximum absolute atomic E-state index is 11.1. The molecule has 1 aromatic heterocycles. The zero-order valence-corrected chi connectivity index (χ0v) is 22.3. The molecule has 0 atom stereocenters. The molecule has 2 fully saturated rings. The number of carboxylic acid groups (broad SMARTS) is 1. The average molecular weight is 542 g/mol. The Kier molecular flexibility index (Phi) is 8.30. The predicted octanol–water partition coefficient (Wildman–Crippen LogP) is 5.23. The molecule has 2 aliphatic rings. The molecular formula is C28H32ClN3O4S. The van der Waals surface area contributed by atoms with Crippen molar-refractivity contribution in [3.05, 3.63) is 65.3 Å². The summed E-state index contributed by atoms with van der Waals surface area (Å²) in [4.78, 5) is 22.0. The summed E-state index contributed by atoms with van der Waals surface area (Å²) < 4.78 is 11.8. The van der Waals surface area contributed by atoms with Crippen LogP contribution >= 0.6 is 22.9 Å². The SMILES string of the molecule is O=C(O)Cc1ccc(Cl)c(OCCC2(N3CCOCC3)CCN(c3ncc(-c4ccccc4)s3)CC2)c1. The van der Waals surface area contributed by atoms with Crippen LogP contribution in [-0.2, 0) is 16.0 Å². The van der Waals surface area contributed by atoms with Crippen LogP contribution in [0.2, 0.25) is 5.02 Å². The van der Waals surface area contributed by atoms with E-state index in [1.807, 2.05) is 12.3 Å². The number of hydrogen-bond donors (Lipinski definition) is 1. The van der Waals surface area contributed by atoms with Gasteiger partial charge in [-0.05, 0) is 42.5 Å². The Bertz CT molecular complexity index is 1190. The maximum atomic E-state index is 11.1. The van der Waals surface area contributed by atoms with Gasteiger partial charge in [-0.15, -0.1) is 0 Å². The third-order valence-electron chi connectivity index (χ3n) is 7.37. The lowest BCUT2D eigenvalue weighted by molar-refractivity contribution is -0.136. The van der Waals surface area contributed by atoms with Crippen LogP contribution in [0.1, 0.15) is 24.8 Å². The van der Waals surface area contributed by atoms with E-state index in [-0.39, 0.29) is 12.0 Å². The Morgan fingerprint density at radius 2 is 1.86 bits per heavy atom. The molecule has 37 heavy (non-hydrogen) atoms. The van der Waals surface area contributed by atoms with Crippen molar-refractivity contribution in [1.82, 2.24) is 9.88 Å². The van der Waals surface area contributed by atoms with Crippen molar-refractivity contribution in [2.45, 2.75) is 31.2 Å². The number of piperidine rings is 1. The smallest absolute Gasteiger partial charge is 0.307 e. The second-order valence-corrected chi connectivity index (χ2v) is 11.0. The summed E-state index contributed by atoms with van der Waals surface area (Å²) in [6.45, 7) is 5.74. The summed E-state index contributed by atoms with van der Waals surface area (Å²) >= 11 is 8.11. The molecule has 0 unspecified atom stereocenters. The first-order valence-corrected chi connectivity index (χ1v) is 13.9. The molecule has 2 saturated heterocycles. The second kappa shape index (κ2) is 11.8. The van der Waals surface area contributed by atoms with Crippen molar-refractivity contribution < 1.29 is 19.4 Å². The molecule has 3 aromatic rings. The van der Waals surface area contributed by atoms with Gasteiger partial charge in [0.2, 0.25) is 0 Å². The van der Waals surface area contributed by atoms with Crippen LogP contribution in [0.25, 0.3) is 10.4 Å². The molecule has 2 aromatic carbocycles. The van der Waals surface area contributed by atoms with Gasteiger partial charge < -0.3 is 19.5 Å². The van der Waals surface area contributed by atoms with Gasteiger partial charge in [0.15, 0.2) is 5.13 Å². The van der Waals surface area contributed by atoms with E-state index in [1.165, 1.54) is 10.4 Å².